The largest absolute Gasteiger partial charge is 0.462 e. The zero-order valence-corrected chi connectivity index (χ0v) is 48.6. The number of carbonyl (C=O) groups is 3. The Kier molecular flexibility index (Phi) is 46.9. The number of hydrogen-bond acceptors (Lipinski definition) is 11. The molecule has 0 aromatic carbocycles. The SMILES string of the molecule is CCCCCCCCCCCCCCCCCCCC(=O)OC(CCCCCCCCCCC)CC(=O)N[C@H]1C(O)O[C@H](CO)[C@@H](OS(=O)(=O)O)[C@@H]1OC(=O)CCCCCCCCCCCCCCCCCCC. The van der Waals surface area contributed by atoms with Gasteiger partial charge in [-0.1, -0.05) is 278 Å². The van der Waals surface area contributed by atoms with Crippen LogP contribution in [0.15, 0.2) is 0 Å². The number of aliphatic hydroxyl groups is 2. The van der Waals surface area contributed by atoms with Gasteiger partial charge in [0.1, 0.15) is 24.4 Å². The molecule has 0 bridgehead atoms. The lowest BCUT2D eigenvalue weighted by Crippen LogP contribution is -2.66. The van der Waals surface area contributed by atoms with Crippen molar-refractivity contribution in [2.45, 2.75) is 359 Å². The number of unbranched alkanes of at least 4 members (excludes halogenated alkanes) is 40. The molecule has 438 valence electrons. The molecular formula is C60H115NO12S. The Hall–Kier alpha value is -1.84. The first-order chi connectivity index (χ1) is 35.9. The molecule has 13 nitrogen and oxygen atoms in total. The Balaban J connectivity index is 2.70. The van der Waals surface area contributed by atoms with Crippen LogP contribution in [0.5, 0.6) is 0 Å². The summed E-state index contributed by atoms with van der Waals surface area (Å²) in [6, 6.07) is -1.53. The van der Waals surface area contributed by atoms with Crippen LogP contribution in [-0.4, -0.2) is 84.4 Å². The van der Waals surface area contributed by atoms with Gasteiger partial charge >= 0.3 is 22.3 Å². The first-order valence-corrected chi connectivity index (χ1v) is 32.6. The molecule has 1 aliphatic rings. The van der Waals surface area contributed by atoms with Crippen molar-refractivity contribution < 1.29 is 56.0 Å². The van der Waals surface area contributed by atoms with Gasteiger partial charge in [-0.05, 0) is 25.7 Å². The molecule has 0 saturated carbocycles. The Bertz CT molecular complexity index is 1420. The van der Waals surface area contributed by atoms with Gasteiger partial charge in [-0.25, -0.2) is 4.18 Å². The third kappa shape index (κ3) is 41.3. The maximum absolute atomic E-state index is 13.8. The maximum Gasteiger partial charge on any atom is 0.397 e. The summed E-state index contributed by atoms with van der Waals surface area (Å²) in [6.45, 7) is 5.87. The van der Waals surface area contributed by atoms with E-state index in [0.29, 0.717) is 19.3 Å². The molecule has 0 aliphatic carbocycles. The highest BCUT2D eigenvalue weighted by atomic mass is 32.3. The summed E-state index contributed by atoms with van der Waals surface area (Å²) >= 11 is 0. The molecule has 1 rings (SSSR count). The van der Waals surface area contributed by atoms with Gasteiger partial charge in [0.15, 0.2) is 12.4 Å². The Labute approximate surface area is 453 Å². The second kappa shape index (κ2) is 49.5. The van der Waals surface area contributed by atoms with E-state index in [0.717, 1.165) is 70.6 Å². The van der Waals surface area contributed by atoms with Gasteiger partial charge in [0.2, 0.25) is 5.91 Å². The van der Waals surface area contributed by atoms with Gasteiger partial charge < -0.3 is 29.7 Å². The molecule has 1 saturated heterocycles. The second-order valence-corrected chi connectivity index (χ2v) is 23.1. The van der Waals surface area contributed by atoms with Crippen LogP contribution < -0.4 is 5.32 Å². The maximum atomic E-state index is 13.8. The van der Waals surface area contributed by atoms with Crippen molar-refractivity contribution in [1.82, 2.24) is 5.32 Å². The number of amides is 1. The zero-order chi connectivity index (χ0) is 54.2. The average molecular weight is 1070 g/mol. The van der Waals surface area contributed by atoms with E-state index in [2.05, 4.69) is 26.1 Å². The Morgan fingerprint density at radius 1 is 0.486 bits per heavy atom. The summed E-state index contributed by atoms with van der Waals surface area (Å²) in [6.07, 6.45) is 44.2. The minimum atomic E-state index is -5.16. The van der Waals surface area contributed by atoms with Crippen LogP contribution in [0, 0.1) is 0 Å². The molecular weight excluding hydrogens is 959 g/mol. The van der Waals surface area contributed by atoms with E-state index < -0.39 is 65.6 Å². The molecule has 14 heteroatoms. The van der Waals surface area contributed by atoms with E-state index in [1.807, 2.05) is 0 Å². The molecule has 1 heterocycles. The Morgan fingerprint density at radius 2 is 0.811 bits per heavy atom. The van der Waals surface area contributed by atoms with Gasteiger partial charge in [0.25, 0.3) is 0 Å². The third-order valence-electron chi connectivity index (χ3n) is 15.0. The quantitative estimate of drug-likeness (QED) is 0.0256. The molecule has 2 unspecified atom stereocenters. The molecule has 1 amide bonds. The van der Waals surface area contributed by atoms with Gasteiger partial charge in [0, 0.05) is 12.8 Å². The first kappa shape index (κ1) is 70.2. The van der Waals surface area contributed by atoms with E-state index in [1.54, 1.807) is 0 Å². The van der Waals surface area contributed by atoms with Crippen molar-refractivity contribution in [1.29, 1.82) is 0 Å². The normalized spacial score (nSPS) is 18.4. The minimum Gasteiger partial charge on any atom is -0.462 e. The number of esters is 2. The first-order valence-electron chi connectivity index (χ1n) is 31.2. The van der Waals surface area contributed by atoms with Crippen LogP contribution in [0.2, 0.25) is 0 Å². The van der Waals surface area contributed by atoms with Gasteiger partial charge in [-0.15, -0.1) is 0 Å². The highest BCUT2D eigenvalue weighted by Gasteiger charge is 2.50. The van der Waals surface area contributed by atoms with Crippen LogP contribution in [0.25, 0.3) is 0 Å². The summed E-state index contributed by atoms with van der Waals surface area (Å²) < 4.78 is 55.7. The van der Waals surface area contributed by atoms with E-state index in [1.165, 1.54) is 193 Å². The average Bonchev–Trinajstić information content (AvgIpc) is 3.36. The summed E-state index contributed by atoms with van der Waals surface area (Å²) in [7, 11) is -5.16. The highest BCUT2D eigenvalue weighted by Crippen LogP contribution is 2.28. The van der Waals surface area contributed by atoms with Crippen LogP contribution in [-0.2, 0) is 43.2 Å². The highest BCUT2D eigenvalue weighted by molar-refractivity contribution is 7.80. The third-order valence-corrected chi connectivity index (χ3v) is 15.4. The van der Waals surface area contributed by atoms with Gasteiger partial charge in [-0.2, -0.15) is 8.42 Å². The number of aliphatic hydroxyl groups excluding tert-OH is 2. The van der Waals surface area contributed by atoms with Crippen LogP contribution in [0.1, 0.15) is 323 Å². The van der Waals surface area contributed by atoms with Crippen molar-refractivity contribution in [3.63, 3.8) is 0 Å². The summed E-state index contributed by atoms with van der Waals surface area (Å²) in [5.41, 5.74) is 0. The van der Waals surface area contributed by atoms with Crippen LogP contribution >= 0.6 is 0 Å². The molecule has 4 N–H and O–H groups in total. The predicted molar refractivity (Wildman–Crippen MR) is 300 cm³/mol. The molecule has 0 spiro atoms. The summed E-state index contributed by atoms with van der Waals surface area (Å²) in [4.78, 5) is 40.3. The Morgan fingerprint density at radius 3 is 1.15 bits per heavy atom. The number of ether oxygens (including phenoxy) is 3. The van der Waals surface area contributed by atoms with Crippen molar-refractivity contribution >= 4 is 28.2 Å². The van der Waals surface area contributed by atoms with E-state index in [9.17, 15) is 37.6 Å². The summed E-state index contributed by atoms with van der Waals surface area (Å²) in [5.74, 6) is -1.73. The van der Waals surface area contributed by atoms with E-state index >= 15 is 0 Å². The van der Waals surface area contributed by atoms with E-state index in [4.69, 9.17) is 18.4 Å². The number of rotatable bonds is 54. The lowest BCUT2D eigenvalue weighted by atomic mass is 9.96. The number of hydrogen-bond donors (Lipinski definition) is 4. The molecule has 6 atom stereocenters. The molecule has 74 heavy (non-hydrogen) atoms. The molecule has 0 aromatic rings. The fourth-order valence-corrected chi connectivity index (χ4v) is 10.9. The number of carbonyl (C=O) groups excluding carboxylic acids is 3. The minimum absolute atomic E-state index is 0.00862. The monoisotopic (exact) mass is 1070 g/mol. The molecule has 0 aromatic heterocycles. The second-order valence-electron chi connectivity index (χ2n) is 22.0. The fraction of sp³-hybridized carbons (Fsp3) is 0.950. The summed E-state index contributed by atoms with van der Waals surface area (Å²) in [5, 5.41) is 23.8. The zero-order valence-electron chi connectivity index (χ0n) is 47.8. The fourth-order valence-electron chi connectivity index (χ4n) is 10.4. The molecule has 0 radical (unpaired) electrons. The van der Waals surface area contributed by atoms with Crippen molar-refractivity contribution in [2.75, 3.05) is 6.61 Å². The smallest absolute Gasteiger partial charge is 0.397 e. The van der Waals surface area contributed by atoms with E-state index in [-0.39, 0.29) is 25.2 Å². The van der Waals surface area contributed by atoms with Crippen LogP contribution in [0.4, 0.5) is 0 Å². The predicted octanol–water partition coefficient (Wildman–Crippen LogP) is 15.6. The molecule has 1 fully saturated rings. The lowest BCUT2D eigenvalue weighted by Gasteiger charge is -2.43. The van der Waals surface area contributed by atoms with Crippen molar-refractivity contribution in [3.05, 3.63) is 0 Å². The van der Waals surface area contributed by atoms with Gasteiger partial charge in [-0.3, -0.25) is 18.9 Å². The standard InChI is InChI=1S/C60H115NO12S/c1-4-7-10-13-16-19-21-23-25-27-29-31-33-36-39-42-45-48-55(64)70-52(47-44-41-38-35-18-15-12-9-6-3)50-54(63)61-57-59(58(73-74(67,68)69)53(51-62)71-60(57)66)72-56(65)49-46-43-40-37-34-32-30-28-26-24-22-20-17-14-11-8-5-2/h52-53,57-60,62,66H,4-51H2,1-3H3,(H,61,63)(H,67,68,69)/t52?,53-,57-,58-,59-,60?/m1/s1. The molecule has 1 aliphatic heterocycles. The number of nitrogens with one attached hydrogen (secondary N) is 1. The van der Waals surface area contributed by atoms with Gasteiger partial charge in [0.05, 0.1) is 13.0 Å². The van der Waals surface area contributed by atoms with Crippen LogP contribution in [0.3, 0.4) is 0 Å². The lowest BCUT2D eigenvalue weighted by molar-refractivity contribution is -0.254. The van der Waals surface area contributed by atoms with Crippen molar-refractivity contribution in [3.8, 4) is 0 Å². The topological polar surface area (TPSA) is 195 Å². The van der Waals surface area contributed by atoms with Crippen molar-refractivity contribution in [2.24, 2.45) is 0 Å².